The van der Waals surface area contributed by atoms with Crippen molar-refractivity contribution in [1.29, 1.82) is 0 Å². The van der Waals surface area contributed by atoms with Crippen LogP contribution in [0.4, 0.5) is 14.5 Å². The van der Waals surface area contributed by atoms with E-state index in [0.29, 0.717) is 28.0 Å². The van der Waals surface area contributed by atoms with Crippen LogP contribution in [0, 0.1) is 18.6 Å². The number of amides is 1. The lowest BCUT2D eigenvalue weighted by atomic mass is 10.1. The maximum atomic E-state index is 15.3. The molecule has 0 bridgehead atoms. The number of pyridine rings is 4. The summed E-state index contributed by atoms with van der Waals surface area (Å²) in [5.41, 5.74) is 0.475. The molecule has 0 aliphatic carbocycles. The third-order valence-electron chi connectivity index (χ3n) is 6.68. The summed E-state index contributed by atoms with van der Waals surface area (Å²) in [6, 6.07) is 10.7. The summed E-state index contributed by atoms with van der Waals surface area (Å²) in [7, 11) is 2.90. The highest BCUT2D eigenvalue weighted by atomic mass is 19.1. The molecule has 0 aliphatic heterocycles. The van der Waals surface area contributed by atoms with E-state index < -0.39 is 23.1 Å². The first-order valence-electron chi connectivity index (χ1n) is 13.5. The number of fused-ring (bicyclic) bond motifs is 1. The molecule has 0 saturated heterocycles. The SMILES string of the molecule is C=C(OCC)c1cc(C(=O)Nc2ccc(Oc3ccnc4cc(OC)c(OC)nc34)c(F)c2)c(=O)n(-c2ccc(F)cn2)c1C. The highest BCUT2D eigenvalue weighted by molar-refractivity contribution is 6.04. The van der Waals surface area contributed by atoms with Crippen LogP contribution in [0.25, 0.3) is 22.6 Å². The van der Waals surface area contributed by atoms with Gasteiger partial charge in [-0.1, -0.05) is 6.58 Å². The number of nitrogens with zero attached hydrogens (tertiary/aromatic N) is 4. The zero-order valence-corrected chi connectivity index (χ0v) is 24.7. The van der Waals surface area contributed by atoms with E-state index in [-0.39, 0.29) is 46.8 Å². The standard InChI is InChI=1S/C32H27F2N5O6/c1-6-44-18(3)21-14-22(32(41)39(17(21)2)28-10-7-19(33)16-36-28)30(40)37-20-8-9-25(23(34)13-20)45-26-11-12-35-24-15-27(42-4)31(43-5)38-29(24)26/h7-16H,3,6H2,1-2,4-5H3,(H,37,40). The average Bonchev–Trinajstić information content (AvgIpc) is 3.02. The van der Waals surface area contributed by atoms with Crippen LogP contribution in [0.15, 0.2) is 72.3 Å². The molecule has 0 radical (unpaired) electrons. The summed E-state index contributed by atoms with van der Waals surface area (Å²) in [5, 5.41) is 2.54. The second-order valence-corrected chi connectivity index (χ2v) is 9.47. The number of carbonyl (C=O) groups excluding carboxylic acids is 1. The van der Waals surface area contributed by atoms with Gasteiger partial charge in [0.05, 0.1) is 32.5 Å². The van der Waals surface area contributed by atoms with Gasteiger partial charge in [-0.05, 0) is 44.2 Å². The highest BCUT2D eigenvalue weighted by Gasteiger charge is 2.22. The number of carbonyl (C=O) groups is 1. The second kappa shape index (κ2) is 12.8. The van der Waals surface area contributed by atoms with Crippen LogP contribution >= 0.6 is 0 Å². The molecule has 1 N–H and O–H groups in total. The predicted molar refractivity (Wildman–Crippen MR) is 162 cm³/mol. The Labute approximate surface area is 255 Å². The van der Waals surface area contributed by atoms with Gasteiger partial charge in [-0.15, -0.1) is 0 Å². The van der Waals surface area contributed by atoms with Gasteiger partial charge in [0.15, 0.2) is 23.1 Å². The van der Waals surface area contributed by atoms with E-state index in [1.807, 2.05) is 0 Å². The highest BCUT2D eigenvalue weighted by Crippen LogP contribution is 2.35. The number of ether oxygens (including phenoxy) is 4. The van der Waals surface area contributed by atoms with Crippen molar-refractivity contribution in [2.45, 2.75) is 13.8 Å². The van der Waals surface area contributed by atoms with Gasteiger partial charge in [-0.2, -0.15) is 0 Å². The second-order valence-electron chi connectivity index (χ2n) is 9.47. The van der Waals surface area contributed by atoms with Crippen LogP contribution in [-0.2, 0) is 4.74 Å². The lowest BCUT2D eigenvalue weighted by Gasteiger charge is -2.17. The third kappa shape index (κ3) is 6.13. The lowest BCUT2D eigenvalue weighted by molar-refractivity contribution is 0.102. The minimum atomic E-state index is -0.833. The van der Waals surface area contributed by atoms with Crippen molar-refractivity contribution in [3.8, 4) is 28.9 Å². The number of nitrogens with one attached hydrogen (secondary N) is 1. The van der Waals surface area contributed by atoms with Crippen LogP contribution in [0.1, 0.15) is 28.5 Å². The Balaban J connectivity index is 1.46. The minimum Gasteiger partial charge on any atom is -0.494 e. The molecule has 0 aliphatic rings. The van der Waals surface area contributed by atoms with E-state index in [2.05, 4.69) is 26.8 Å². The summed E-state index contributed by atoms with van der Waals surface area (Å²) >= 11 is 0. The van der Waals surface area contributed by atoms with Crippen LogP contribution in [0.5, 0.6) is 23.1 Å². The molecule has 11 nitrogen and oxygen atoms in total. The van der Waals surface area contributed by atoms with Gasteiger partial charge >= 0.3 is 0 Å². The van der Waals surface area contributed by atoms with Crippen molar-refractivity contribution in [3.05, 3.63) is 106 Å². The van der Waals surface area contributed by atoms with Crippen molar-refractivity contribution in [2.24, 2.45) is 0 Å². The molecule has 4 heterocycles. The number of hydrogen-bond acceptors (Lipinski definition) is 9. The van der Waals surface area contributed by atoms with E-state index in [9.17, 15) is 14.0 Å². The monoisotopic (exact) mass is 615 g/mol. The molecule has 1 amide bonds. The fraction of sp³-hybridized carbons (Fsp3) is 0.156. The Bertz CT molecular complexity index is 2000. The van der Waals surface area contributed by atoms with Crippen LogP contribution in [0.3, 0.4) is 0 Å². The van der Waals surface area contributed by atoms with Gasteiger partial charge in [0, 0.05) is 41.3 Å². The largest absolute Gasteiger partial charge is 0.494 e. The van der Waals surface area contributed by atoms with E-state index >= 15 is 4.39 Å². The third-order valence-corrected chi connectivity index (χ3v) is 6.68. The fourth-order valence-corrected chi connectivity index (χ4v) is 4.54. The van der Waals surface area contributed by atoms with Crippen molar-refractivity contribution < 1.29 is 32.5 Å². The maximum absolute atomic E-state index is 15.3. The Hall–Kier alpha value is -5.85. The van der Waals surface area contributed by atoms with Gasteiger partial charge < -0.3 is 24.3 Å². The van der Waals surface area contributed by atoms with Gasteiger partial charge in [0.1, 0.15) is 28.5 Å². The number of rotatable bonds is 10. The van der Waals surface area contributed by atoms with Crippen LogP contribution < -0.4 is 25.1 Å². The Morgan fingerprint density at radius 1 is 0.978 bits per heavy atom. The molecule has 0 atom stereocenters. The number of anilines is 1. The molecule has 4 aromatic heterocycles. The first-order chi connectivity index (χ1) is 21.6. The zero-order chi connectivity index (χ0) is 32.2. The molecular formula is C32H27F2N5O6. The molecule has 0 fully saturated rings. The molecule has 5 aromatic rings. The molecule has 1 aromatic carbocycles. The molecule has 0 unspecified atom stereocenters. The Kier molecular flexibility index (Phi) is 8.70. The maximum Gasteiger partial charge on any atom is 0.269 e. The number of hydrogen-bond donors (Lipinski definition) is 1. The first-order valence-corrected chi connectivity index (χ1v) is 13.5. The summed E-state index contributed by atoms with van der Waals surface area (Å²) in [6.07, 6.45) is 2.43. The number of benzene rings is 1. The fourth-order valence-electron chi connectivity index (χ4n) is 4.54. The molecule has 230 valence electrons. The van der Waals surface area contributed by atoms with Crippen molar-refractivity contribution in [2.75, 3.05) is 26.1 Å². The molecular weight excluding hydrogens is 588 g/mol. The van der Waals surface area contributed by atoms with Crippen molar-refractivity contribution in [3.63, 3.8) is 0 Å². The lowest BCUT2D eigenvalue weighted by Crippen LogP contribution is -2.31. The normalized spacial score (nSPS) is 10.8. The van der Waals surface area contributed by atoms with Crippen molar-refractivity contribution >= 4 is 28.4 Å². The first kappa shape index (κ1) is 30.6. The van der Waals surface area contributed by atoms with Crippen LogP contribution in [0.2, 0.25) is 0 Å². The molecule has 0 spiro atoms. The number of halogens is 2. The number of aromatic nitrogens is 4. The van der Waals surface area contributed by atoms with Gasteiger partial charge in [-0.25, -0.2) is 18.7 Å². The molecule has 0 saturated carbocycles. The molecule has 13 heteroatoms. The molecule has 5 rings (SSSR count). The van der Waals surface area contributed by atoms with E-state index in [1.54, 1.807) is 19.9 Å². The van der Waals surface area contributed by atoms with Gasteiger partial charge in [0.25, 0.3) is 17.3 Å². The van der Waals surface area contributed by atoms with Gasteiger partial charge in [-0.3, -0.25) is 19.1 Å². The quantitative estimate of drug-likeness (QED) is 0.193. The average molecular weight is 616 g/mol. The number of methoxy groups -OCH3 is 2. The van der Waals surface area contributed by atoms with Gasteiger partial charge in [0.2, 0.25) is 0 Å². The zero-order valence-electron chi connectivity index (χ0n) is 24.7. The van der Waals surface area contributed by atoms with E-state index in [1.165, 1.54) is 50.7 Å². The summed E-state index contributed by atoms with van der Waals surface area (Å²) in [6.45, 7) is 7.56. The summed E-state index contributed by atoms with van der Waals surface area (Å²) < 4.78 is 51.9. The predicted octanol–water partition coefficient (Wildman–Crippen LogP) is 5.83. The Morgan fingerprint density at radius 2 is 1.78 bits per heavy atom. The van der Waals surface area contributed by atoms with Crippen molar-refractivity contribution in [1.82, 2.24) is 19.5 Å². The molecule has 45 heavy (non-hydrogen) atoms. The topological polar surface area (TPSA) is 127 Å². The summed E-state index contributed by atoms with van der Waals surface area (Å²) in [5.74, 6) is -1.34. The smallest absolute Gasteiger partial charge is 0.269 e. The minimum absolute atomic E-state index is 0.0468. The van der Waals surface area contributed by atoms with Crippen LogP contribution in [-0.4, -0.2) is 46.3 Å². The van der Waals surface area contributed by atoms with E-state index in [4.69, 9.17) is 18.9 Å². The summed E-state index contributed by atoms with van der Waals surface area (Å²) in [4.78, 5) is 39.6. The van der Waals surface area contributed by atoms with E-state index in [0.717, 1.165) is 22.9 Å². The Morgan fingerprint density at radius 3 is 2.44 bits per heavy atom.